The number of aliphatic hydroxyl groups is 1. The summed E-state index contributed by atoms with van der Waals surface area (Å²) in [5.41, 5.74) is -0.226. The lowest BCUT2D eigenvalue weighted by Crippen LogP contribution is -2.40. The normalized spacial score (nSPS) is 11.4. The van der Waals surface area contributed by atoms with Gasteiger partial charge < -0.3 is 10.4 Å². The first-order valence-corrected chi connectivity index (χ1v) is 7.79. The topological polar surface area (TPSA) is 49.3 Å². The summed E-state index contributed by atoms with van der Waals surface area (Å²) >= 11 is 1.37. The molecule has 0 heterocycles. The van der Waals surface area contributed by atoms with Crippen molar-refractivity contribution in [3.8, 4) is 0 Å². The molecule has 0 unspecified atom stereocenters. The standard InChI is InChI=1S/C15H22FNO2S/c1-3-15(4-2,11-18)10-17-14(19)9-20-13-7-5-12(16)6-8-13/h5-8,18H,3-4,9-11H2,1-2H3,(H,17,19). The summed E-state index contributed by atoms with van der Waals surface area (Å²) in [6.45, 7) is 4.59. The molecule has 0 radical (unpaired) electrons. The average molecular weight is 299 g/mol. The molecule has 0 spiro atoms. The largest absolute Gasteiger partial charge is 0.396 e. The van der Waals surface area contributed by atoms with E-state index in [1.54, 1.807) is 12.1 Å². The van der Waals surface area contributed by atoms with E-state index < -0.39 is 0 Å². The monoisotopic (exact) mass is 299 g/mol. The molecule has 0 aliphatic heterocycles. The van der Waals surface area contributed by atoms with Gasteiger partial charge in [0.05, 0.1) is 12.4 Å². The summed E-state index contributed by atoms with van der Waals surface area (Å²) in [6, 6.07) is 6.07. The minimum Gasteiger partial charge on any atom is -0.396 e. The number of aliphatic hydroxyl groups excluding tert-OH is 1. The van der Waals surface area contributed by atoms with Crippen molar-refractivity contribution < 1.29 is 14.3 Å². The molecule has 0 atom stereocenters. The molecular formula is C15H22FNO2S. The summed E-state index contributed by atoms with van der Waals surface area (Å²) < 4.78 is 12.7. The van der Waals surface area contributed by atoms with E-state index in [0.717, 1.165) is 17.7 Å². The number of carbonyl (C=O) groups is 1. The Morgan fingerprint density at radius 2 is 1.90 bits per heavy atom. The van der Waals surface area contributed by atoms with E-state index in [-0.39, 0.29) is 23.7 Å². The third-order valence-electron chi connectivity index (χ3n) is 3.68. The lowest BCUT2D eigenvalue weighted by molar-refractivity contribution is -0.119. The van der Waals surface area contributed by atoms with Crippen LogP contribution in [0.2, 0.25) is 0 Å². The molecule has 1 aromatic carbocycles. The zero-order valence-electron chi connectivity index (χ0n) is 12.0. The van der Waals surface area contributed by atoms with E-state index >= 15 is 0 Å². The van der Waals surface area contributed by atoms with Crippen molar-refractivity contribution in [2.45, 2.75) is 31.6 Å². The zero-order chi connectivity index (χ0) is 15.0. The second-order valence-electron chi connectivity index (χ2n) is 4.88. The maximum absolute atomic E-state index is 12.7. The Labute approximate surface area is 124 Å². The van der Waals surface area contributed by atoms with Crippen LogP contribution < -0.4 is 5.32 Å². The van der Waals surface area contributed by atoms with Crippen molar-refractivity contribution in [2.75, 3.05) is 18.9 Å². The van der Waals surface area contributed by atoms with Crippen LogP contribution in [0.15, 0.2) is 29.2 Å². The number of halogens is 1. The molecule has 3 nitrogen and oxygen atoms in total. The Hall–Kier alpha value is -1.07. The Morgan fingerprint density at radius 1 is 1.30 bits per heavy atom. The van der Waals surface area contributed by atoms with Gasteiger partial charge in [-0.1, -0.05) is 13.8 Å². The van der Waals surface area contributed by atoms with Gasteiger partial charge in [0, 0.05) is 16.9 Å². The molecule has 0 saturated carbocycles. The van der Waals surface area contributed by atoms with Crippen molar-refractivity contribution in [1.29, 1.82) is 0 Å². The first-order valence-electron chi connectivity index (χ1n) is 6.81. The Morgan fingerprint density at radius 3 is 2.40 bits per heavy atom. The summed E-state index contributed by atoms with van der Waals surface area (Å²) in [5.74, 6) is -0.0583. The van der Waals surface area contributed by atoms with E-state index in [9.17, 15) is 14.3 Å². The van der Waals surface area contributed by atoms with Crippen LogP contribution in [-0.4, -0.2) is 29.9 Å². The number of carbonyl (C=O) groups excluding carboxylic acids is 1. The van der Waals surface area contributed by atoms with E-state index in [0.29, 0.717) is 12.3 Å². The number of hydrogen-bond donors (Lipinski definition) is 2. The summed E-state index contributed by atoms with van der Waals surface area (Å²) in [7, 11) is 0. The van der Waals surface area contributed by atoms with Crippen LogP contribution in [0.5, 0.6) is 0 Å². The van der Waals surface area contributed by atoms with Crippen molar-refractivity contribution >= 4 is 17.7 Å². The number of hydrogen-bond acceptors (Lipinski definition) is 3. The third kappa shape index (κ3) is 5.13. The highest BCUT2D eigenvalue weighted by atomic mass is 32.2. The maximum atomic E-state index is 12.7. The van der Waals surface area contributed by atoms with Crippen molar-refractivity contribution in [3.05, 3.63) is 30.1 Å². The van der Waals surface area contributed by atoms with E-state index in [2.05, 4.69) is 5.32 Å². The molecule has 20 heavy (non-hydrogen) atoms. The minimum atomic E-state index is -0.280. The predicted octanol–water partition coefficient (Wildman–Crippen LogP) is 2.83. The molecule has 1 amide bonds. The number of amides is 1. The van der Waals surface area contributed by atoms with Gasteiger partial charge in [0.2, 0.25) is 5.91 Å². The van der Waals surface area contributed by atoms with Gasteiger partial charge in [0.1, 0.15) is 5.82 Å². The van der Waals surface area contributed by atoms with Gasteiger partial charge in [-0.3, -0.25) is 4.79 Å². The van der Waals surface area contributed by atoms with Crippen molar-refractivity contribution in [1.82, 2.24) is 5.32 Å². The van der Waals surface area contributed by atoms with Gasteiger partial charge >= 0.3 is 0 Å². The zero-order valence-corrected chi connectivity index (χ0v) is 12.8. The summed E-state index contributed by atoms with van der Waals surface area (Å²) in [4.78, 5) is 12.7. The summed E-state index contributed by atoms with van der Waals surface area (Å²) in [6.07, 6.45) is 1.65. The molecular weight excluding hydrogens is 277 g/mol. The van der Waals surface area contributed by atoms with Gasteiger partial charge in [-0.05, 0) is 37.1 Å². The van der Waals surface area contributed by atoms with Crippen LogP contribution in [0.4, 0.5) is 4.39 Å². The van der Waals surface area contributed by atoms with Crippen LogP contribution in [0.3, 0.4) is 0 Å². The quantitative estimate of drug-likeness (QED) is 0.726. The molecule has 0 aromatic heterocycles. The van der Waals surface area contributed by atoms with Gasteiger partial charge in [-0.2, -0.15) is 0 Å². The van der Waals surface area contributed by atoms with Gasteiger partial charge in [-0.15, -0.1) is 11.8 Å². The SMILES string of the molecule is CCC(CC)(CO)CNC(=O)CSc1ccc(F)cc1. The lowest BCUT2D eigenvalue weighted by Gasteiger charge is -2.29. The highest BCUT2D eigenvalue weighted by molar-refractivity contribution is 8.00. The first kappa shape index (κ1) is 17.0. The Bertz CT molecular complexity index is 410. The number of nitrogens with one attached hydrogen (secondary N) is 1. The molecule has 0 fully saturated rings. The van der Waals surface area contributed by atoms with Crippen molar-refractivity contribution in [3.63, 3.8) is 0 Å². The van der Waals surface area contributed by atoms with Crippen LogP contribution in [0.1, 0.15) is 26.7 Å². The molecule has 1 rings (SSSR count). The van der Waals surface area contributed by atoms with Crippen LogP contribution in [-0.2, 0) is 4.79 Å². The third-order valence-corrected chi connectivity index (χ3v) is 4.69. The van der Waals surface area contributed by atoms with Gasteiger partial charge in [0.15, 0.2) is 0 Å². The molecule has 1 aromatic rings. The Balaban J connectivity index is 2.38. The van der Waals surface area contributed by atoms with Crippen LogP contribution >= 0.6 is 11.8 Å². The molecule has 112 valence electrons. The van der Waals surface area contributed by atoms with E-state index in [1.165, 1.54) is 23.9 Å². The lowest BCUT2D eigenvalue weighted by atomic mass is 9.83. The molecule has 5 heteroatoms. The molecule has 0 aliphatic carbocycles. The van der Waals surface area contributed by atoms with Gasteiger partial charge in [-0.25, -0.2) is 4.39 Å². The van der Waals surface area contributed by atoms with Crippen LogP contribution in [0.25, 0.3) is 0 Å². The number of thioether (sulfide) groups is 1. The highest BCUT2D eigenvalue weighted by Gasteiger charge is 2.25. The fourth-order valence-corrected chi connectivity index (χ4v) is 2.52. The number of benzene rings is 1. The predicted molar refractivity (Wildman–Crippen MR) is 80.2 cm³/mol. The smallest absolute Gasteiger partial charge is 0.230 e. The first-order chi connectivity index (χ1) is 9.55. The molecule has 0 aliphatic rings. The fourth-order valence-electron chi connectivity index (χ4n) is 1.80. The average Bonchev–Trinajstić information content (AvgIpc) is 2.48. The second kappa shape index (κ2) is 8.27. The molecule has 0 saturated heterocycles. The molecule has 2 N–H and O–H groups in total. The Kier molecular flexibility index (Phi) is 7.02. The van der Waals surface area contributed by atoms with E-state index in [4.69, 9.17) is 0 Å². The highest BCUT2D eigenvalue weighted by Crippen LogP contribution is 2.24. The van der Waals surface area contributed by atoms with Crippen molar-refractivity contribution in [2.24, 2.45) is 5.41 Å². The minimum absolute atomic E-state index is 0.0703. The van der Waals surface area contributed by atoms with Crippen LogP contribution in [0, 0.1) is 11.2 Å². The molecule has 0 bridgehead atoms. The van der Waals surface area contributed by atoms with E-state index in [1.807, 2.05) is 13.8 Å². The fraction of sp³-hybridized carbons (Fsp3) is 0.533. The van der Waals surface area contributed by atoms with Gasteiger partial charge in [0.25, 0.3) is 0 Å². The summed E-state index contributed by atoms with van der Waals surface area (Å²) in [5, 5.41) is 12.3. The number of rotatable bonds is 8. The maximum Gasteiger partial charge on any atom is 0.230 e. The second-order valence-corrected chi connectivity index (χ2v) is 5.93.